The summed E-state index contributed by atoms with van der Waals surface area (Å²) < 4.78 is 0. The molecule has 3 heterocycles. The smallest absolute Gasteiger partial charge is 0.225 e. The van der Waals surface area contributed by atoms with Crippen LogP contribution >= 0.6 is 22.7 Å². The zero-order valence-corrected chi connectivity index (χ0v) is 24.5. The molecule has 2 unspecified atom stereocenters. The Hall–Kier alpha value is -2.78. The summed E-state index contributed by atoms with van der Waals surface area (Å²) >= 11 is 3.42. The van der Waals surface area contributed by atoms with Crippen molar-refractivity contribution in [3.8, 4) is 10.6 Å². The lowest BCUT2D eigenvalue weighted by Gasteiger charge is -2.18. The summed E-state index contributed by atoms with van der Waals surface area (Å²) in [6.45, 7) is 13.2. The topological polar surface area (TPSA) is 91.8 Å². The van der Waals surface area contributed by atoms with E-state index in [-0.39, 0.29) is 5.91 Å². The number of amides is 1. The number of thiazole rings is 1. The van der Waals surface area contributed by atoms with Gasteiger partial charge in [0.05, 0.1) is 23.5 Å². The van der Waals surface area contributed by atoms with Gasteiger partial charge in [-0.2, -0.15) is 4.98 Å². The zero-order chi connectivity index (χ0) is 26.8. The molecule has 0 spiro atoms. The molecule has 1 fully saturated rings. The number of hydrogen-bond acceptors (Lipinski definition) is 8. The number of rotatable bonds is 10. The first-order chi connectivity index (χ1) is 17.9. The molecule has 2 atom stereocenters. The van der Waals surface area contributed by atoms with Crippen LogP contribution < -0.4 is 16.0 Å². The van der Waals surface area contributed by atoms with Crippen LogP contribution in [-0.4, -0.2) is 33.4 Å². The third-order valence-electron chi connectivity index (χ3n) is 6.27. The van der Waals surface area contributed by atoms with Crippen molar-refractivity contribution < 1.29 is 4.79 Å². The summed E-state index contributed by atoms with van der Waals surface area (Å²) in [5.74, 6) is 1.97. The van der Waals surface area contributed by atoms with Crippen LogP contribution in [0.4, 0.5) is 11.8 Å². The summed E-state index contributed by atoms with van der Waals surface area (Å²) in [5.41, 5.74) is 3.00. The molecule has 1 amide bonds. The van der Waals surface area contributed by atoms with Crippen LogP contribution in [0.25, 0.3) is 10.6 Å². The van der Waals surface area contributed by atoms with E-state index >= 15 is 0 Å². The summed E-state index contributed by atoms with van der Waals surface area (Å²) in [4.78, 5) is 28.5. The highest BCUT2D eigenvalue weighted by Gasteiger charge is 2.27. The molecule has 1 saturated carbocycles. The van der Waals surface area contributed by atoms with Crippen LogP contribution in [0.3, 0.4) is 0 Å². The van der Waals surface area contributed by atoms with E-state index in [4.69, 9.17) is 15.0 Å². The number of nitrogens with one attached hydrogen (secondary N) is 3. The third kappa shape index (κ3) is 8.10. The lowest BCUT2D eigenvalue weighted by molar-refractivity contribution is -0.119. The zero-order valence-electron chi connectivity index (χ0n) is 22.9. The van der Waals surface area contributed by atoms with Gasteiger partial charge in [0.15, 0.2) is 0 Å². The lowest BCUT2D eigenvalue weighted by Crippen LogP contribution is -2.27. The van der Waals surface area contributed by atoms with Gasteiger partial charge in [0, 0.05) is 35.7 Å². The van der Waals surface area contributed by atoms with Gasteiger partial charge >= 0.3 is 0 Å². The van der Waals surface area contributed by atoms with E-state index in [0.717, 1.165) is 60.0 Å². The average molecular weight is 541 g/mol. The first kappa shape index (κ1) is 28.8. The molecule has 0 aliphatic heterocycles. The molecule has 0 radical (unpaired) electrons. The van der Waals surface area contributed by atoms with E-state index in [9.17, 15) is 4.79 Å². The Balaban J connectivity index is 0.00000186. The van der Waals surface area contributed by atoms with Crippen molar-refractivity contribution in [3.05, 3.63) is 50.8 Å². The standard InChI is InChI=1S/C26H34N6OS2.C2H6/c1-5-6-9-22-17(3)35-25(31-22)23-16(2)29-26(28-15-21-8-7-12-34-21)32-24(23)30-20-11-10-19(13-20)14-27-18(4)33;1-2/h5-8,12,19-20H,9-11,13-15H2,1-4H3,(H,27,33)(H2,28,29,30,32);1-2H3/b6-5-;. The molecule has 9 heteroatoms. The van der Waals surface area contributed by atoms with Crippen molar-refractivity contribution in [1.29, 1.82) is 0 Å². The van der Waals surface area contributed by atoms with Gasteiger partial charge in [0.2, 0.25) is 11.9 Å². The second-order valence-corrected chi connectivity index (χ2v) is 11.3. The van der Waals surface area contributed by atoms with E-state index in [1.54, 1.807) is 29.6 Å². The number of anilines is 2. The molecule has 3 aromatic rings. The normalized spacial score (nSPS) is 16.9. The fraction of sp³-hybridized carbons (Fsp3) is 0.500. The first-order valence-corrected chi connectivity index (χ1v) is 14.9. The number of thiophene rings is 1. The van der Waals surface area contributed by atoms with Crippen LogP contribution in [0.5, 0.6) is 0 Å². The Morgan fingerprint density at radius 2 is 2.00 bits per heavy atom. The third-order valence-corrected chi connectivity index (χ3v) is 8.17. The van der Waals surface area contributed by atoms with Crippen molar-refractivity contribution in [2.24, 2.45) is 5.92 Å². The second-order valence-electron chi connectivity index (χ2n) is 9.04. The van der Waals surface area contributed by atoms with Crippen molar-refractivity contribution in [1.82, 2.24) is 20.3 Å². The minimum Gasteiger partial charge on any atom is -0.367 e. The maximum Gasteiger partial charge on any atom is 0.225 e. The highest BCUT2D eigenvalue weighted by Crippen LogP contribution is 2.37. The summed E-state index contributed by atoms with van der Waals surface area (Å²) in [6, 6.07) is 4.46. The first-order valence-electron chi connectivity index (χ1n) is 13.2. The number of carbonyl (C=O) groups excluding carboxylic acids is 1. The fourth-order valence-corrected chi connectivity index (χ4v) is 6.10. The summed E-state index contributed by atoms with van der Waals surface area (Å²) in [6.07, 6.45) is 8.17. The number of aromatic nitrogens is 3. The fourth-order valence-electron chi connectivity index (χ4n) is 4.42. The Kier molecular flexibility index (Phi) is 11.1. The molecule has 4 rings (SSSR count). The maximum atomic E-state index is 11.3. The maximum absolute atomic E-state index is 11.3. The number of aryl methyl sites for hydroxylation is 2. The van der Waals surface area contributed by atoms with Crippen LogP contribution in [-0.2, 0) is 17.8 Å². The van der Waals surface area contributed by atoms with Gasteiger partial charge in [-0.1, -0.05) is 32.1 Å². The second kappa shape index (κ2) is 14.2. The molecule has 7 nitrogen and oxygen atoms in total. The number of nitrogens with zero attached hydrogens (tertiary/aromatic N) is 3. The van der Waals surface area contributed by atoms with Gasteiger partial charge in [-0.15, -0.1) is 22.7 Å². The monoisotopic (exact) mass is 540 g/mol. The highest BCUT2D eigenvalue weighted by atomic mass is 32.1. The molecule has 37 heavy (non-hydrogen) atoms. The van der Waals surface area contributed by atoms with Gasteiger partial charge in [0.25, 0.3) is 0 Å². The molecule has 0 bridgehead atoms. The van der Waals surface area contributed by atoms with Gasteiger partial charge in [-0.3, -0.25) is 4.79 Å². The van der Waals surface area contributed by atoms with Gasteiger partial charge in [-0.25, -0.2) is 9.97 Å². The molecule has 3 aromatic heterocycles. The van der Waals surface area contributed by atoms with E-state index in [2.05, 4.69) is 52.5 Å². The van der Waals surface area contributed by atoms with Gasteiger partial charge in [-0.05, 0) is 57.4 Å². The Bertz CT molecular complexity index is 1170. The molecule has 200 valence electrons. The van der Waals surface area contributed by atoms with E-state index in [1.165, 1.54) is 9.75 Å². The van der Waals surface area contributed by atoms with E-state index in [1.807, 2.05) is 27.7 Å². The molecular weight excluding hydrogens is 500 g/mol. The molecule has 0 aromatic carbocycles. The van der Waals surface area contributed by atoms with Crippen molar-refractivity contribution >= 4 is 40.3 Å². The Morgan fingerprint density at radius 1 is 1.19 bits per heavy atom. The lowest BCUT2D eigenvalue weighted by atomic mass is 10.1. The Labute approximate surface area is 229 Å². The molecular formula is C28H40N6OS2. The largest absolute Gasteiger partial charge is 0.367 e. The van der Waals surface area contributed by atoms with Crippen molar-refractivity contribution in [2.75, 3.05) is 17.2 Å². The van der Waals surface area contributed by atoms with Crippen LogP contribution in [0.15, 0.2) is 29.7 Å². The van der Waals surface area contributed by atoms with Crippen LogP contribution in [0.2, 0.25) is 0 Å². The average Bonchev–Trinajstić information content (AvgIpc) is 3.63. The predicted molar refractivity (Wildman–Crippen MR) is 158 cm³/mol. The van der Waals surface area contributed by atoms with Crippen molar-refractivity contribution in [2.45, 2.75) is 79.8 Å². The summed E-state index contributed by atoms with van der Waals surface area (Å²) in [7, 11) is 0. The Morgan fingerprint density at radius 3 is 2.70 bits per heavy atom. The van der Waals surface area contributed by atoms with Crippen LogP contribution in [0, 0.1) is 19.8 Å². The van der Waals surface area contributed by atoms with Crippen molar-refractivity contribution in [3.63, 3.8) is 0 Å². The van der Waals surface area contributed by atoms with Gasteiger partial charge in [0.1, 0.15) is 10.8 Å². The minimum absolute atomic E-state index is 0.0319. The SMILES string of the molecule is C/C=C\Cc1nc(-c2c(C)nc(NCc3cccs3)nc2NC2CCC(CNC(C)=O)C2)sc1C.CC. The predicted octanol–water partition coefficient (Wildman–Crippen LogP) is 6.75. The van der Waals surface area contributed by atoms with Crippen LogP contribution in [0.1, 0.15) is 68.1 Å². The molecule has 1 aliphatic carbocycles. The van der Waals surface area contributed by atoms with E-state index < -0.39 is 0 Å². The minimum atomic E-state index is 0.0319. The summed E-state index contributed by atoms with van der Waals surface area (Å²) in [5, 5.41) is 13.1. The van der Waals surface area contributed by atoms with E-state index in [0.29, 0.717) is 24.5 Å². The molecule has 0 saturated heterocycles. The number of allylic oxidation sites excluding steroid dienone is 2. The molecule has 1 aliphatic rings. The quantitative estimate of drug-likeness (QED) is 0.246. The molecule has 3 N–H and O–H groups in total. The van der Waals surface area contributed by atoms with Gasteiger partial charge < -0.3 is 16.0 Å². The number of carbonyl (C=O) groups is 1. The number of hydrogen-bond donors (Lipinski definition) is 3. The highest BCUT2D eigenvalue weighted by molar-refractivity contribution is 7.15.